The molecule has 1 aliphatic rings. The molecule has 1 aliphatic carbocycles. The molecule has 1 atom stereocenters. The molecule has 1 amide bonds. The van der Waals surface area contributed by atoms with E-state index < -0.39 is 0 Å². The molecular weight excluding hydrogens is 240 g/mol. The summed E-state index contributed by atoms with van der Waals surface area (Å²) in [5.74, 6) is 0.164. The van der Waals surface area contributed by atoms with Crippen LogP contribution in [0.5, 0.6) is 0 Å². The molecule has 0 radical (unpaired) electrons. The van der Waals surface area contributed by atoms with Gasteiger partial charge >= 0.3 is 0 Å². The summed E-state index contributed by atoms with van der Waals surface area (Å²) in [5.41, 5.74) is 7.47. The fraction of sp³-hybridized carbons (Fsp3) is 0.643. The maximum absolute atomic E-state index is 10.9. The van der Waals surface area contributed by atoms with Crippen LogP contribution >= 0.6 is 0 Å². The van der Waals surface area contributed by atoms with Crippen LogP contribution < -0.4 is 11.1 Å². The Bertz CT molecular complexity index is 447. The predicted molar refractivity (Wildman–Crippen MR) is 73.5 cm³/mol. The average Bonchev–Trinajstić information content (AvgIpc) is 2.57. The average molecular weight is 262 g/mol. The van der Waals surface area contributed by atoms with Crippen LogP contribution in [0.1, 0.15) is 55.7 Å². The number of aryl methyl sites for hydroxylation is 1. The minimum absolute atomic E-state index is 0.125. The standard InChI is InChI=1S/C14H22N4O/c1-2-7-16-11-5-3-4-6-12-10(11)9-17-14(18-12)8-13(15)19/h9,11,16H,2-8H2,1H3,(H2,15,19). The highest BCUT2D eigenvalue weighted by molar-refractivity contribution is 5.75. The van der Waals surface area contributed by atoms with Gasteiger partial charge in [-0.05, 0) is 32.2 Å². The van der Waals surface area contributed by atoms with E-state index in [0.29, 0.717) is 11.9 Å². The number of carbonyl (C=O) groups excluding carboxylic acids is 1. The number of amides is 1. The molecule has 5 heteroatoms. The van der Waals surface area contributed by atoms with E-state index in [-0.39, 0.29) is 12.3 Å². The van der Waals surface area contributed by atoms with Crippen molar-refractivity contribution in [2.24, 2.45) is 5.73 Å². The van der Waals surface area contributed by atoms with Crippen LogP contribution in [0.15, 0.2) is 6.20 Å². The number of hydrogen-bond acceptors (Lipinski definition) is 4. The van der Waals surface area contributed by atoms with Gasteiger partial charge in [-0.25, -0.2) is 9.97 Å². The lowest BCUT2D eigenvalue weighted by molar-refractivity contribution is -0.117. The van der Waals surface area contributed by atoms with E-state index in [1.807, 2.05) is 6.20 Å². The molecule has 0 bridgehead atoms. The molecule has 19 heavy (non-hydrogen) atoms. The molecule has 0 fully saturated rings. The fourth-order valence-corrected chi connectivity index (χ4v) is 2.53. The topological polar surface area (TPSA) is 80.9 Å². The van der Waals surface area contributed by atoms with Gasteiger partial charge in [-0.2, -0.15) is 0 Å². The van der Waals surface area contributed by atoms with Crippen LogP contribution in [0.3, 0.4) is 0 Å². The Balaban J connectivity index is 2.21. The zero-order chi connectivity index (χ0) is 13.7. The van der Waals surface area contributed by atoms with Crippen LogP contribution in [0.2, 0.25) is 0 Å². The van der Waals surface area contributed by atoms with Crippen molar-refractivity contribution in [1.29, 1.82) is 0 Å². The number of nitrogens with zero attached hydrogens (tertiary/aromatic N) is 2. The number of nitrogens with two attached hydrogens (primary N) is 1. The molecule has 0 aliphatic heterocycles. The maximum atomic E-state index is 10.9. The van der Waals surface area contributed by atoms with Gasteiger partial charge in [0.15, 0.2) is 0 Å². The highest BCUT2D eigenvalue weighted by atomic mass is 16.1. The highest BCUT2D eigenvalue weighted by Crippen LogP contribution is 2.27. The normalized spacial score (nSPS) is 18.7. The van der Waals surface area contributed by atoms with E-state index in [9.17, 15) is 4.79 Å². The van der Waals surface area contributed by atoms with Gasteiger partial charge in [-0.3, -0.25) is 4.79 Å². The molecule has 1 aromatic heterocycles. The zero-order valence-corrected chi connectivity index (χ0v) is 11.5. The quantitative estimate of drug-likeness (QED) is 0.783. The van der Waals surface area contributed by atoms with Crippen molar-refractivity contribution in [2.75, 3.05) is 6.54 Å². The largest absolute Gasteiger partial charge is 0.369 e. The molecule has 1 aromatic rings. The van der Waals surface area contributed by atoms with Gasteiger partial charge in [0.2, 0.25) is 5.91 Å². The number of hydrogen-bond donors (Lipinski definition) is 2. The molecule has 0 aromatic carbocycles. The van der Waals surface area contributed by atoms with Crippen LogP contribution in [-0.2, 0) is 17.6 Å². The number of carbonyl (C=O) groups is 1. The number of primary amides is 1. The van der Waals surface area contributed by atoms with Crippen molar-refractivity contribution in [3.63, 3.8) is 0 Å². The summed E-state index contributed by atoms with van der Waals surface area (Å²) in [4.78, 5) is 19.7. The van der Waals surface area contributed by atoms with Crippen LogP contribution in [0.4, 0.5) is 0 Å². The van der Waals surface area contributed by atoms with Gasteiger partial charge in [0.1, 0.15) is 5.82 Å². The van der Waals surface area contributed by atoms with Crippen molar-refractivity contribution < 1.29 is 4.79 Å². The fourth-order valence-electron chi connectivity index (χ4n) is 2.53. The summed E-state index contributed by atoms with van der Waals surface area (Å²) in [6, 6.07) is 0.347. The minimum Gasteiger partial charge on any atom is -0.369 e. The summed E-state index contributed by atoms with van der Waals surface area (Å²) >= 11 is 0. The van der Waals surface area contributed by atoms with Gasteiger partial charge < -0.3 is 11.1 Å². The van der Waals surface area contributed by atoms with Crippen molar-refractivity contribution in [2.45, 2.75) is 51.5 Å². The van der Waals surface area contributed by atoms with Gasteiger partial charge in [0.05, 0.1) is 6.42 Å². The third-order valence-corrected chi connectivity index (χ3v) is 3.45. The Labute approximate surface area is 114 Å². The molecule has 2 rings (SSSR count). The molecule has 5 nitrogen and oxygen atoms in total. The second-order valence-corrected chi connectivity index (χ2v) is 5.08. The van der Waals surface area contributed by atoms with Crippen LogP contribution in [-0.4, -0.2) is 22.4 Å². The van der Waals surface area contributed by atoms with Gasteiger partial charge in [0.25, 0.3) is 0 Å². The molecular formula is C14H22N4O. The first-order valence-corrected chi connectivity index (χ1v) is 7.07. The summed E-state index contributed by atoms with van der Waals surface area (Å²) < 4.78 is 0. The Morgan fingerprint density at radius 1 is 1.53 bits per heavy atom. The first-order valence-electron chi connectivity index (χ1n) is 7.07. The zero-order valence-electron chi connectivity index (χ0n) is 11.5. The van der Waals surface area contributed by atoms with Crippen molar-refractivity contribution in [1.82, 2.24) is 15.3 Å². The van der Waals surface area contributed by atoms with E-state index in [0.717, 1.165) is 37.9 Å². The minimum atomic E-state index is -0.380. The van der Waals surface area contributed by atoms with Crippen molar-refractivity contribution >= 4 is 5.91 Å². The number of nitrogens with one attached hydrogen (secondary N) is 1. The smallest absolute Gasteiger partial charge is 0.225 e. The Morgan fingerprint density at radius 3 is 3.11 bits per heavy atom. The maximum Gasteiger partial charge on any atom is 0.225 e. The third-order valence-electron chi connectivity index (χ3n) is 3.45. The van der Waals surface area contributed by atoms with E-state index in [1.165, 1.54) is 12.0 Å². The van der Waals surface area contributed by atoms with Crippen LogP contribution in [0.25, 0.3) is 0 Å². The van der Waals surface area contributed by atoms with E-state index in [2.05, 4.69) is 22.2 Å². The first kappa shape index (κ1) is 13.9. The molecule has 1 heterocycles. The molecule has 0 saturated carbocycles. The van der Waals surface area contributed by atoms with E-state index in [1.54, 1.807) is 0 Å². The highest BCUT2D eigenvalue weighted by Gasteiger charge is 2.20. The second-order valence-electron chi connectivity index (χ2n) is 5.08. The Hall–Kier alpha value is -1.49. The lowest BCUT2D eigenvalue weighted by atomic mass is 10.0. The molecule has 0 saturated heterocycles. The SMILES string of the molecule is CCCNC1CCCCc2nc(CC(N)=O)ncc21. The summed E-state index contributed by atoms with van der Waals surface area (Å²) in [6.45, 7) is 3.17. The summed E-state index contributed by atoms with van der Waals surface area (Å²) in [6.07, 6.45) is 7.55. The van der Waals surface area contributed by atoms with E-state index in [4.69, 9.17) is 5.73 Å². The predicted octanol–water partition coefficient (Wildman–Crippen LogP) is 1.27. The molecule has 104 valence electrons. The lowest BCUT2D eigenvalue weighted by Crippen LogP contribution is -2.23. The summed E-state index contributed by atoms with van der Waals surface area (Å²) in [7, 11) is 0. The Kier molecular flexibility index (Phi) is 4.85. The number of fused-ring (bicyclic) bond motifs is 1. The first-order chi connectivity index (χ1) is 9.20. The molecule has 3 N–H and O–H groups in total. The second kappa shape index (κ2) is 6.61. The number of aromatic nitrogens is 2. The lowest BCUT2D eigenvalue weighted by Gasteiger charge is -2.18. The van der Waals surface area contributed by atoms with Gasteiger partial charge in [-0.1, -0.05) is 13.3 Å². The summed E-state index contributed by atoms with van der Waals surface area (Å²) in [5, 5.41) is 3.56. The Morgan fingerprint density at radius 2 is 2.37 bits per heavy atom. The molecule has 0 spiro atoms. The third kappa shape index (κ3) is 3.73. The van der Waals surface area contributed by atoms with Crippen molar-refractivity contribution in [3.8, 4) is 0 Å². The van der Waals surface area contributed by atoms with E-state index >= 15 is 0 Å². The van der Waals surface area contributed by atoms with Gasteiger partial charge in [0, 0.05) is 23.5 Å². The van der Waals surface area contributed by atoms with Gasteiger partial charge in [-0.15, -0.1) is 0 Å². The van der Waals surface area contributed by atoms with Crippen molar-refractivity contribution in [3.05, 3.63) is 23.3 Å². The van der Waals surface area contributed by atoms with Crippen LogP contribution in [0, 0.1) is 0 Å². The monoisotopic (exact) mass is 262 g/mol. The number of rotatable bonds is 5. The molecule has 1 unspecified atom stereocenters.